The minimum atomic E-state index is 0.466. The number of rotatable bonds is 4. The van der Waals surface area contributed by atoms with E-state index in [9.17, 15) is 0 Å². The first kappa shape index (κ1) is 15.4. The van der Waals surface area contributed by atoms with E-state index in [1.165, 1.54) is 0 Å². The first-order valence-electron chi connectivity index (χ1n) is 6.40. The number of nitrogens with zero attached hydrogens (tertiary/aromatic N) is 3. The summed E-state index contributed by atoms with van der Waals surface area (Å²) in [6.07, 6.45) is 0. The molecule has 0 radical (unpaired) electrons. The van der Waals surface area contributed by atoms with Crippen LogP contribution in [-0.4, -0.2) is 18.6 Å². The fourth-order valence-electron chi connectivity index (χ4n) is 1.87. The molecule has 0 saturated heterocycles. The standard InChI is InChI=1S/C15H14Cl2N4/c1-3-19-14-12(16)8-13(17)15(20-14)21(2)11-6-4-10(9-18)5-7-11/h4-8H,3H2,1-2H3,(H,19,20). The molecule has 4 nitrogen and oxygen atoms in total. The second kappa shape index (κ2) is 6.66. The summed E-state index contributed by atoms with van der Waals surface area (Å²) in [5, 5.41) is 12.9. The Balaban J connectivity index is 2.39. The Morgan fingerprint density at radius 3 is 2.48 bits per heavy atom. The third kappa shape index (κ3) is 3.38. The lowest BCUT2D eigenvalue weighted by Crippen LogP contribution is -2.13. The van der Waals surface area contributed by atoms with Gasteiger partial charge in [-0.05, 0) is 37.3 Å². The van der Waals surface area contributed by atoms with Crippen molar-refractivity contribution in [3.8, 4) is 6.07 Å². The molecule has 0 amide bonds. The second-order valence-electron chi connectivity index (χ2n) is 4.37. The average Bonchev–Trinajstić information content (AvgIpc) is 2.49. The van der Waals surface area contributed by atoms with E-state index in [1.54, 1.807) is 18.2 Å². The fraction of sp³-hybridized carbons (Fsp3) is 0.200. The number of nitrogens with one attached hydrogen (secondary N) is 1. The van der Waals surface area contributed by atoms with Crippen molar-refractivity contribution in [2.24, 2.45) is 0 Å². The van der Waals surface area contributed by atoms with E-state index >= 15 is 0 Å². The minimum Gasteiger partial charge on any atom is -0.369 e. The van der Waals surface area contributed by atoms with Crippen molar-refractivity contribution in [2.45, 2.75) is 6.92 Å². The van der Waals surface area contributed by atoms with Crippen LogP contribution in [0.15, 0.2) is 30.3 Å². The van der Waals surface area contributed by atoms with E-state index in [4.69, 9.17) is 28.5 Å². The molecule has 0 aliphatic heterocycles. The number of aromatic nitrogens is 1. The molecule has 0 bridgehead atoms. The Labute approximate surface area is 133 Å². The number of halogens is 2. The zero-order valence-electron chi connectivity index (χ0n) is 11.7. The van der Waals surface area contributed by atoms with Gasteiger partial charge in [-0.2, -0.15) is 5.26 Å². The number of hydrogen-bond acceptors (Lipinski definition) is 4. The van der Waals surface area contributed by atoms with Gasteiger partial charge in [0.15, 0.2) is 5.82 Å². The van der Waals surface area contributed by atoms with Crippen LogP contribution < -0.4 is 10.2 Å². The van der Waals surface area contributed by atoms with Gasteiger partial charge in [0.05, 0.1) is 21.7 Å². The molecule has 21 heavy (non-hydrogen) atoms. The van der Waals surface area contributed by atoms with Crippen molar-refractivity contribution in [2.75, 3.05) is 23.8 Å². The summed E-state index contributed by atoms with van der Waals surface area (Å²) < 4.78 is 0. The third-order valence-electron chi connectivity index (χ3n) is 2.96. The molecule has 1 heterocycles. The predicted octanol–water partition coefficient (Wildman–Crippen LogP) is 4.46. The molecule has 0 atom stereocenters. The van der Waals surface area contributed by atoms with Gasteiger partial charge in [-0.1, -0.05) is 23.2 Å². The first-order chi connectivity index (χ1) is 10.1. The zero-order chi connectivity index (χ0) is 15.4. The Bertz CT molecular complexity index is 677. The lowest BCUT2D eigenvalue weighted by Gasteiger charge is -2.21. The topological polar surface area (TPSA) is 52.0 Å². The summed E-state index contributed by atoms with van der Waals surface area (Å²) in [4.78, 5) is 6.31. The minimum absolute atomic E-state index is 0.466. The number of benzene rings is 1. The van der Waals surface area contributed by atoms with E-state index < -0.39 is 0 Å². The zero-order valence-corrected chi connectivity index (χ0v) is 13.2. The van der Waals surface area contributed by atoms with Crippen molar-refractivity contribution >= 4 is 40.5 Å². The summed E-state index contributed by atoms with van der Waals surface area (Å²) in [6.45, 7) is 2.69. The van der Waals surface area contributed by atoms with Gasteiger partial charge in [0.2, 0.25) is 0 Å². The van der Waals surface area contributed by atoms with Crippen LogP contribution in [0.4, 0.5) is 17.3 Å². The average molecular weight is 321 g/mol. The number of hydrogen-bond donors (Lipinski definition) is 1. The van der Waals surface area contributed by atoms with Gasteiger partial charge in [-0.15, -0.1) is 0 Å². The maximum Gasteiger partial charge on any atom is 0.154 e. The molecule has 0 aliphatic carbocycles. The molecule has 0 saturated carbocycles. The predicted molar refractivity (Wildman–Crippen MR) is 87.6 cm³/mol. The maximum absolute atomic E-state index is 8.83. The fourth-order valence-corrected chi connectivity index (χ4v) is 2.42. The van der Waals surface area contributed by atoms with E-state index in [2.05, 4.69) is 16.4 Å². The van der Waals surface area contributed by atoms with Gasteiger partial charge in [-0.25, -0.2) is 4.98 Å². The van der Waals surface area contributed by atoms with Crippen molar-refractivity contribution in [3.63, 3.8) is 0 Å². The first-order valence-corrected chi connectivity index (χ1v) is 7.16. The summed E-state index contributed by atoms with van der Waals surface area (Å²) in [7, 11) is 1.86. The lowest BCUT2D eigenvalue weighted by molar-refractivity contribution is 1.10. The summed E-state index contributed by atoms with van der Waals surface area (Å²) >= 11 is 12.3. The van der Waals surface area contributed by atoms with Crippen LogP contribution >= 0.6 is 23.2 Å². The van der Waals surface area contributed by atoms with Crippen molar-refractivity contribution in [3.05, 3.63) is 45.9 Å². The molecular weight excluding hydrogens is 307 g/mol. The Kier molecular flexibility index (Phi) is 4.89. The highest BCUT2D eigenvalue weighted by molar-refractivity contribution is 6.37. The highest BCUT2D eigenvalue weighted by atomic mass is 35.5. The quantitative estimate of drug-likeness (QED) is 0.903. The van der Waals surface area contributed by atoms with Crippen LogP contribution in [-0.2, 0) is 0 Å². The van der Waals surface area contributed by atoms with Gasteiger partial charge < -0.3 is 10.2 Å². The second-order valence-corrected chi connectivity index (χ2v) is 5.19. The molecule has 1 aromatic heterocycles. The summed E-state index contributed by atoms with van der Waals surface area (Å²) in [5.74, 6) is 1.20. The van der Waals surface area contributed by atoms with E-state index in [-0.39, 0.29) is 0 Å². The number of anilines is 3. The van der Waals surface area contributed by atoms with Gasteiger partial charge in [0.25, 0.3) is 0 Å². The van der Waals surface area contributed by atoms with Crippen molar-refractivity contribution in [1.82, 2.24) is 4.98 Å². The van der Waals surface area contributed by atoms with Gasteiger partial charge in [0, 0.05) is 19.3 Å². The lowest BCUT2D eigenvalue weighted by atomic mass is 10.2. The molecule has 0 spiro atoms. The van der Waals surface area contributed by atoms with Crippen LogP contribution in [0.3, 0.4) is 0 Å². The van der Waals surface area contributed by atoms with Gasteiger partial charge >= 0.3 is 0 Å². The largest absolute Gasteiger partial charge is 0.369 e. The summed E-state index contributed by atoms with van der Waals surface area (Å²) in [6, 6.07) is 11.0. The highest BCUT2D eigenvalue weighted by Crippen LogP contribution is 2.34. The van der Waals surface area contributed by atoms with E-state index in [1.807, 2.05) is 31.0 Å². The molecule has 1 N–H and O–H groups in total. The van der Waals surface area contributed by atoms with Crippen molar-refractivity contribution < 1.29 is 0 Å². The third-order valence-corrected chi connectivity index (χ3v) is 3.52. The highest BCUT2D eigenvalue weighted by Gasteiger charge is 2.14. The molecule has 108 valence electrons. The number of nitriles is 1. The van der Waals surface area contributed by atoms with Crippen LogP contribution in [0.5, 0.6) is 0 Å². The summed E-state index contributed by atoms with van der Waals surface area (Å²) in [5.41, 5.74) is 1.49. The molecule has 1 aromatic carbocycles. The smallest absolute Gasteiger partial charge is 0.154 e. The van der Waals surface area contributed by atoms with Crippen LogP contribution in [0.1, 0.15) is 12.5 Å². The van der Waals surface area contributed by atoms with E-state index in [0.717, 1.165) is 5.69 Å². The molecule has 6 heteroatoms. The Morgan fingerprint density at radius 2 is 1.90 bits per heavy atom. The molecular formula is C15H14Cl2N4. The molecule has 0 aliphatic rings. The molecule has 2 rings (SSSR count). The maximum atomic E-state index is 8.83. The Morgan fingerprint density at radius 1 is 1.24 bits per heavy atom. The normalized spacial score (nSPS) is 10.0. The number of pyridine rings is 1. The van der Waals surface area contributed by atoms with Crippen LogP contribution in [0, 0.1) is 11.3 Å². The van der Waals surface area contributed by atoms with Gasteiger partial charge in [0.1, 0.15) is 5.82 Å². The van der Waals surface area contributed by atoms with Gasteiger partial charge in [-0.3, -0.25) is 0 Å². The molecule has 2 aromatic rings. The SMILES string of the molecule is CCNc1nc(N(C)c2ccc(C#N)cc2)c(Cl)cc1Cl. The van der Waals surface area contributed by atoms with Crippen LogP contribution in [0.25, 0.3) is 0 Å². The molecule has 0 unspecified atom stereocenters. The van der Waals surface area contributed by atoms with Crippen LogP contribution in [0.2, 0.25) is 10.0 Å². The Hall–Kier alpha value is -1.96. The van der Waals surface area contributed by atoms with E-state index in [0.29, 0.717) is 33.8 Å². The van der Waals surface area contributed by atoms with Crippen molar-refractivity contribution in [1.29, 1.82) is 5.26 Å². The monoisotopic (exact) mass is 320 g/mol. The molecule has 0 fully saturated rings.